The van der Waals surface area contributed by atoms with Crippen molar-refractivity contribution in [2.75, 3.05) is 0 Å². The van der Waals surface area contributed by atoms with Crippen LogP contribution >= 0.6 is 0 Å². The third-order valence-electron chi connectivity index (χ3n) is 3.49. The summed E-state index contributed by atoms with van der Waals surface area (Å²) in [6.45, 7) is 2.16. The molecule has 0 aliphatic carbocycles. The highest BCUT2D eigenvalue weighted by molar-refractivity contribution is 6.07. The standard InChI is InChI=1S/C14H22N4O2/c1-2-3-4-5-6-7-11(19)16-14-17-12-10(8-9-15-12)13(20)18-14/h8-10,12,15H,2-7H2,1H3,(H2,16,17,18,19,20). The van der Waals surface area contributed by atoms with Crippen molar-refractivity contribution in [3.63, 3.8) is 0 Å². The number of unbranched alkanes of at least 4 members (excludes halogenated alkanes) is 4. The third-order valence-corrected chi connectivity index (χ3v) is 3.49. The van der Waals surface area contributed by atoms with E-state index in [0.717, 1.165) is 12.8 Å². The van der Waals surface area contributed by atoms with E-state index in [-0.39, 0.29) is 29.9 Å². The van der Waals surface area contributed by atoms with Crippen molar-refractivity contribution in [3.8, 4) is 0 Å². The maximum absolute atomic E-state index is 11.8. The Hall–Kier alpha value is -1.85. The van der Waals surface area contributed by atoms with Crippen molar-refractivity contribution in [3.05, 3.63) is 12.3 Å². The van der Waals surface area contributed by atoms with E-state index < -0.39 is 0 Å². The number of guanidine groups is 1. The van der Waals surface area contributed by atoms with Crippen molar-refractivity contribution in [1.82, 2.24) is 16.0 Å². The Labute approximate surface area is 119 Å². The van der Waals surface area contributed by atoms with E-state index in [2.05, 4.69) is 27.9 Å². The first-order chi connectivity index (χ1) is 9.70. The first-order valence-electron chi connectivity index (χ1n) is 7.32. The smallest absolute Gasteiger partial charge is 0.237 e. The van der Waals surface area contributed by atoms with E-state index in [0.29, 0.717) is 6.42 Å². The van der Waals surface area contributed by atoms with Gasteiger partial charge in [0.05, 0.1) is 5.92 Å². The zero-order valence-corrected chi connectivity index (χ0v) is 11.8. The van der Waals surface area contributed by atoms with Crippen LogP contribution in [0.3, 0.4) is 0 Å². The lowest BCUT2D eigenvalue weighted by Gasteiger charge is -2.23. The van der Waals surface area contributed by atoms with Crippen LogP contribution in [-0.2, 0) is 9.59 Å². The number of amides is 2. The molecular formula is C14H22N4O2. The van der Waals surface area contributed by atoms with Gasteiger partial charge in [-0.15, -0.1) is 0 Å². The molecule has 2 aliphatic heterocycles. The molecule has 6 heteroatoms. The van der Waals surface area contributed by atoms with E-state index in [1.54, 1.807) is 12.3 Å². The summed E-state index contributed by atoms with van der Waals surface area (Å²) in [5.74, 6) is -0.245. The number of rotatable bonds is 6. The zero-order valence-electron chi connectivity index (χ0n) is 11.8. The molecule has 0 aromatic carbocycles. The normalized spacial score (nSPS) is 23.6. The van der Waals surface area contributed by atoms with E-state index in [4.69, 9.17) is 0 Å². The van der Waals surface area contributed by atoms with Crippen LogP contribution in [-0.4, -0.2) is 23.9 Å². The fourth-order valence-electron chi connectivity index (χ4n) is 2.33. The van der Waals surface area contributed by atoms with Crippen LogP contribution in [0.15, 0.2) is 17.3 Å². The summed E-state index contributed by atoms with van der Waals surface area (Å²) >= 11 is 0. The molecule has 0 aromatic rings. The summed E-state index contributed by atoms with van der Waals surface area (Å²) in [6.07, 6.45) is 9.19. The van der Waals surface area contributed by atoms with Crippen molar-refractivity contribution in [2.24, 2.45) is 10.9 Å². The summed E-state index contributed by atoms with van der Waals surface area (Å²) < 4.78 is 0. The van der Waals surface area contributed by atoms with Crippen LogP contribution in [0.5, 0.6) is 0 Å². The Bertz CT molecular complexity index is 431. The Balaban J connectivity index is 1.73. The molecular weight excluding hydrogens is 256 g/mol. The molecule has 0 saturated heterocycles. The molecule has 2 unspecified atom stereocenters. The molecule has 2 atom stereocenters. The van der Waals surface area contributed by atoms with Gasteiger partial charge in [0.25, 0.3) is 0 Å². The SMILES string of the molecule is CCCCCCCC(=O)NC1=NC2NC=CC2C(=O)N1. The number of hydrogen-bond donors (Lipinski definition) is 3. The minimum Gasteiger partial charge on any atom is -0.369 e. The number of carbonyl (C=O) groups excluding carboxylic acids is 2. The van der Waals surface area contributed by atoms with Crippen LogP contribution in [0.25, 0.3) is 0 Å². The highest BCUT2D eigenvalue weighted by atomic mass is 16.2. The number of nitrogens with one attached hydrogen (secondary N) is 3. The predicted octanol–water partition coefficient (Wildman–Crippen LogP) is 1.01. The number of aliphatic imine (C=N–C) groups is 1. The molecule has 0 bridgehead atoms. The molecule has 110 valence electrons. The molecule has 0 aromatic heterocycles. The molecule has 2 rings (SSSR count). The molecule has 20 heavy (non-hydrogen) atoms. The molecule has 2 amide bonds. The van der Waals surface area contributed by atoms with Gasteiger partial charge in [0, 0.05) is 6.42 Å². The summed E-state index contributed by atoms with van der Waals surface area (Å²) in [5.41, 5.74) is 0. The lowest BCUT2D eigenvalue weighted by atomic mass is 10.1. The summed E-state index contributed by atoms with van der Waals surface area (Å²) in [4.78, 5) is 27.8. The van der Waals surface area contributed by atoms with Crippen molar-refractivity contribution < 1.29 is 9.59 Å². The largest absolute Gasteiger partial charge is 0.369 e. The van der Waals surface area contributed by atoms with Gasteiger partial charge in [0.15, 0.2) is 0 Å². The molecule has 3 N–H and O–H groups in total. The highest BCUT2D eigenvalue weighted by Gasteiger charge is 2.33. The van der Waals surface area contributed by atoms with Crippen LogP contribution < -0.4 is 16.0 Å². The molecule has 2 aliphatic rings. The van der Waals surface area contributed by atoms with E-state index in [1.807, 2.05) is 0 Å². The van der Waals surface area contributed by atoms with Crippen molar-refractivity contribution in [2.45, 2.75) is 51.6 Å². The monoisotopic (exact) mass is 278 g/mol. The Morgan fingerprint density at radius 2 is 2.15 bits per heavy atom. The molecule has 0 fully saturated rings. The van der Waals surface area contributed by atoms with Gasteiger partial charge >= 0.3 is 0 Å². The summed E-state index contributed by atoms with van der Waals surface area (Å²) in [7, 11) is 0. The molecule has 6 nitrogen and oxygen atoms in total. The van der Waals surface area contributed by atoms with Crippen molar-refractivity contribution in [1.29, 1.82) is 0 Å². The minimum atomic E-state index is -0.288. The molecule has 0 spiro atoms. The number of hydrogen-bond acceptors (Lipinski definition) is 4. The highest BCUT2D eigenvalue weighted by Crippen LogP contribution is 2.16. The quantitative estimate of drug-likeness (QED) is 0.634. The lowest BCUT2D eigenvalue weighted by molar-refractivity contribution is -0.123. The van der Waals surface area contributed by atoms with E-state index in [9.17, 15) is 9.59 Å². The zero-order chi connectivity index (χ0) is 14.4. The predicted molar refractivity (Wildman–Crippen MR) is 76.7 cm³/mol. The average Bonchev–Trinajstić information content (AvgIpc) is 2.87. The fraction of sp³-hybridized carbons (Fsp3) is 0.643. The van der Waals surface area contributed by atoms with E-state index >= 15 is 0 Å². The van der Waals surface area contributed by atoms with Gasteiger partial charge in [-0.3, -0.25) is 20.2 Å². The Kier molecular flexibility index (Phi) is 5.15. The van der Waals surface area contributed by atoms with Gasteiger partial charge < -0.3 is 5.32 Å². The van der Waals surface area contributed by atoms with Gasteiger partial charge in [0.1, 0.15) is 6.17 Å². The first-order valence-corrected chi connectivity index (χ1v) is 7.32. The Morgan fingerprint density at radius 1 is 1.35 bits per heavy atom. The second-order valence-electron chi connectivity index (χ2n) is 5.18. The average molecular weight is 278 g/mol. The fourth-order valence-corrected chi connectivity index (χ4v) is 2.33. The minimum absolute atomic E-state index is 0.0926. The number of fused-ring (bicyclic) bond motifs is 1. The summed E-state index contributed by atoms with van der Waals surface area (Å²) in [6, 6.07) is 0. The van der Waals surface area contributed by atoms with Gasteiger partial charge in [-0.1, -0.05) is 38.7 Å². The third kappa shape index (κ3) is 3.82. The van der Waals surface area contributed by atoms with Gasteiger partial charge in [-0.2, -0.15) is 0 Å². The lowest BCUT2D eigenvalue weighted by Crippen LogP contribution is -2.53. The Morgan fingerprint density at radius 3 is 2.95 bits per heavy atom. The molecule has 0 saturated carbocycles. The molecule has 0 radical (unpaired) electrons. The van der Waals surface area contributed by atoms with Crippen LogP contribution in [0.4, 0.5) is 0 Å². The second-order valence-corrected chi connectivity index (χ2v) is 5.18. The summed E-state index contributed by atoms with van der Waals surface area (Å²) in [5, 5.41) is 8.26. The van der Waals surface area contributed by atoms with E-state index in [1.165, 1.54) is 19.3 Å². The van der Waals surface area contributed by atoms with Crippen LogP contribution in [0, 0.1) is 5.92 Å². The van der Waals surface area contributed by atoms with Gasteiger partial charge in [0.2, 0.25) is 17.8 Å². The first kappa shape index (κ1) is 14.6. The maximum Gasteiger partial charge on any atom is 0.237 e. The topological polar surface area (TPSA) is 82.6 Å². The van der Waals surface area contributed by atoms with Crippen LogP contribution in [0.1, 0.15) is 45.4 Å². The van der Waals surface area contributed by atoms with Gasteiger partial charge in [-0.25, -0.2) is 4.99 Å². The maximum atomic E-state index is 11.8. The number of nitrogens with zero attached hydrogens (tertiary/aromatic N) is 1. The van der Waals surface area contributed by atoms with Gasteiger partial charge in [-0.05, 0) is 12.6 Å². The molecule has 2 heterocycles. The number of carbonyl (C=O) groups is 2. The van der Waals surface area contributed by atoms with Crippen LogP contribution in [0.2, 0.25) is 0 Å². The second kappa shape index (κ2) is 7.07. The van der Waals surface area contributed by atoms with Crippen molar-refractivity contribution >= 4 is 17.8 Å².